The van der Waals surface area contributed by atoms with E-state index in [0.29, 0.717) is 25.4 Å². The van der Waals surface area contributed by atoms with Crippen LogP contribution >= 0.6 is 0 Å². The van der Waals surface area contributed by atoms with E-state index in [1.54, 1.807) is 32.5 Å². The van der Waals surface area contributed by atoms with Crippen molar-refractivity contribution in [3.05, 3.63) is 11.8 Å². The molecule has 1 saturated heterocycles. The summed E-state index contributed by atoms with van der Waals surface area (Å²) >= 11 is 0. The van der Waals surface area contributed by atoms with Crippen LogP contribution in [-0.4, -0.2) is 47.1 Å². The number of carbonyl (C=O) groups excluding carboxylic acids is 2. The molecule has 1 aromatic rings. The third kappa shape index (κ3) is 3.47. The van der Waals surface area contributed by atoms with E-state index in [0.717, 1.165) is 5.69 Å². The molecular weight excluding hydrogens is 300 g/mol. The first-order valence-corrected chi connectivity index (χ1v) is 7.71. The van der Waals surface area contributed by atoms with Crippen LogP contribution < -0.4 is 10.2 Å². The lowest BCUT2D eigenvalue weighted by Gasteiger charge is -2.24. The highest BCUT2D eigenvalue weighted by Crippen LogP contribution is 2.32. The Kier molecular flexibility index (Phi) is 3.79. The number of fused-ring (bicyclic) bond motifs is 1. The molecule has 8 nitrogen and oxygen atoms in total. The number of nitrogens with zero attached hydrogens (tertiary/aromatic N) is 3. The summed E-state index contributed by atoms with van der Waals surface area (Å²) in [5.41, 5.74) is 0.244. The number of carbonyl (C=O) groups is 2. The van der Waals surface area contributed by atoms with Crippen molar-refractivity contribution >= 4 is 17.8 Å². The van der Waals surface area contributed by atoms with Crippen LogP contribution in [0.5, 0.6) is 0 Å². The second kappa shape index (κ2) is 5.52. The number of hydrogen-bond donors (Lipinski definition) is 1. The van der Waals surface area contributed by atoms with E-state index < -0.39 is 17.7 Å². The summed E-state index contributed by atoms with van der Waals surface area (Å²) in [5, 5.41) is 7.14. The van der Waals surface area contributed by atoms with Crippen molar-refractivity contribution in [2.45, 2.75) is 51.5 Å². The average molecular weight is 322 g/mol. The van der Waals surface area contributed by atoms with Gasteiger partial charge < -0.3 is 14.8 Å². The maximum atomic E-state index is 12.6. The third-order valence-corrected chi connectivity index (χ3v) is 3.73. The van der Waals surface area contributed by atoms with Gasteiger partial charge in [-0.3, -0.25) is 9.69 Å². The normalized spacial score (nSPS) is 24.0. The van der Waals surface area contributed by atoms with E-state index in [2.05, 4.69) is 10.4 Å². The van der Waals surface area contributed by atoms with Crippen LogP contribution in [0.1, 0.15) is 39.0 Å². The molecule has 8 heteroatoms. The zero-order valence-corrected chi connectivity index (χ0v) is 13.8. The van der Waals surface area contributed by atoms with Gasteiger partial charge in [-0.2, -0.15) is 5.10 Å². The Morgan fingerprint density at radius 1 is 1.48 bits per heavy atom. The Balaban J connectivity index is 1.71. The van der Waals surface area contributed by atoms with Crippen LogP contribution in [-0.2, 0) is 20.8 Å². The van der Waals surface area contributed by atoms with Gasteiger partial charge in [-0.05, 0) is 27.2 Å². The molecule has 0 radical (unpaired) electrons. The van der Waals surface area contributed by atoms with Gasteiger partial charge in [0, 0.05) is 19.7 Å². The van der Waals surface area contributed by atoms with Crippen LogP contribution in [0, 0.1) is 0 Å². The standard InChI is InChI=1S/C15H22N4O4/c1-15(2,3)23-14(21)16-9-5-6-19-12(18(4)13(9)20)7-10(17-19)11-8-22-11/h7,9,11H,5-6,8H2,1-4H3,(H,16,21). The third-order valence-electron chi connectivity index (χ3n) is 3.73. The molecule has 2 amide bonds. The SMILES string of the molecule is CN1C(=O)C(NC(=O)OC(C)(C)C)CCn2nc(C3CO3)cc21. The molecule has 0 bridgehead atoms. The van der Waals surface area contributed by atoms with Gasteiger partial charge in [-0.25, -0.2) is 9.48 Å². The van der Waals surface area contributed by atoms with Gasteiger partial charge in [-0.1, -0.05) is 0 Å². The molecule has 0 aromatic carbocycles. The lowest BCUT2D eigenvalue weighted by Crippen LogP contribution is -2.48. The van der Waals surface area contributed by atoms with E-state index in [1.807, 2.05) is 6.07 Å². The Morgan fingerprint density at radius 2 is 2.17 bits per heavy atom. The highest BCUT2D eigenvalue weighted by atomic mass is 16.6. The zero-order chi connectivity index (χ0) is 16.8. The number of anilines is 1. The number of ether oxygens (including phenoxy) is 2. The maximum absolute atomic E-state index is 12.6. The molecule has 2 unspecified atom stereocenters. The van der Waals surface area contributed by atoms with Crippen molar-refractivity contribution in [1.82, 2.24) is 15.1 Å². The van der Waals surface area contributed by atoms with Crippen LogP contribution in [0.15, 0.2) is 6.07 Å². The summed E-state index contributed by atoms with van der Waals surface area (Å²) in [7, 11) is 1.68. The van der Waals surface area contributed by atoms with Gasteiger partial charge in [0.2, 0.25) is 0 Å². The maximum Gasteiger partial charge on any atom is 0.408 e. The van der Waals surface area contributed by atoms with Crippen molar-refractivity contribution in [3.8, 4) is 0 Å². The summed E-state index contributed by atoms with van der Waals surface area (Å²) in [4.78, 5) is 26.0. The molecule has 1 aromatic heterocycles. The number of rotatable bonds is 2. The number of hydrogen-bond acceptors (Lipinski definition) is 5. The van der Waals surface area contributed by atoms with Crippen LogP contribution in [0.25, 0.3) is 0 Å². The molecular formula is C15H22N4O4. The predicted molar refractivity (Wildman–Crippen MR) is 82.1 cm³/mol. The van der Waals surface area contributed by atoms with Gasteiger partial charge in [0.1, 0.15) is 23.6 Å². The highest BCUT2D eigenvalue weighted by Gasteiger charge is 2.34. The molecule has 0 spiro atoms. The van der Waals surface area contributed by atoms with Crippen molar-refractivity contribution in [1.29, 1.82) is 0 Å². The molecule has 126 valence electrons. The molecule has 1 N–H and O–H groups in total. The predicted octanol–water partition coefficient (Wildman–Crippen LogP) is 1.21. The fourth-order valence-electron chi connectivity index (χ4n) is 2.54. The molecule has 0 aliphatic carbocycles. The molecule has 1 fully saturated rings. The molecule has 2 aliphatic heterocycles. The van der Waals surface area contributed by atoms with Crippen molar-refractivity contribution in [3.63, 3.8) is 0 Å². The van der Waals surface area contributed by atoms with Crippen molar-refractivity contribution < 1.29 is 19.1 Å². The Hall–Kier alpha value is -2.09. The molecule has 0 saturated carbocycles. The van der Waals surface area contributed by atoms with Gasteiger partial charge in [0.25, 0.3) is 5.91 Å². The Morgan fingerprint density at radius 3 is 2.78 bits per heavy atom. The summed E-state index contributed by atoms with van der Waals surface area (Å²) in [6.45, 7) is 6.57. The van der Waals surface area contributed by atoms with Crippen LogP contribution in [0.2, 0.25) is 0 Å². The first kappa shape index (κ1) is 15.8. The summed E-state index contributed by atoms with van der Waals surface area (Å²) in [5.74, 6) is 0.534. The van der Waals surface area contributed by atoms with Crippen molar-refractivity contribution in [2.24, 2.45) is 0 Å². The zero-order valence-electron chi connectivity index (χ0n) is 13.8. The lowest BCUT2D eigenvalue weighted by molar-refractivity contribution is -0.120. The average Bonchev–Trinajstić information content (AvgIpc) is 3.21. The topological polar surface area (TPSA) is 89.0 Å². The van der Waals surface area contributed by atoms with Gasteiger partial charge in [0.05, 0.1) is 12.3 Å². The Labute approximate surface area is 134 Å². The van der Waals surface area contributed by atoms with E-state index >= 15 is 0 Å². The number of nitrogens with one attached hydrogen (secondary N) is 1. The smallest absolute Gasteiger partial charge is 0.408 e. The molecule has 2 atom stereocenters. The fraction of sp³-hybridized carbons (Fsp3) is 0.667. The van der Waals surface area contributed by atoms with Gasteiger partial charge >= 0.3 is 6.09 Å². The monoisotopic (exact) mass is 322 g/mol. The van der Waals surface area contributed by atoms with Gasteiger partial charge in [-0.15, -0.1) is 0 Å². The number of amides is 2. The number of epoxide rings is 1. The number of aryl methyl sites for hydroxylation is 1. The van der Waals surface area contributed by atoms with E-state index in [9.17, 15) is 9.59 Å². The minimum absolute atomic E-state index is 0.0496. The largest absolute Gasteiger partial charge is 0.444 e. The van der Waals surface area contributed by atoms with Crippen molar-refractivity contribution in [2.75, 3.05) is 18.6 Å². The summed E-state index contributed by atoms with van der Waals surface area (Å²) in [6.07, 6.45) is -0.0771. The number of likely N-dealkylation sites (N-methyl/N-ethyl adjacent to an activating group) is 1. The highest BCUT2D eigenvalue weighted by molar-refractivity contribution is 5.98. The van der Waals surface area contributed by atoms with E-state index in [1.165, 1.54) is 4.90 Å². The van der Waals surface area contributed by atoms with Gasteiger partial charge in [0.15, 0.2) is 0 Å². The van der Waals surface area contributed by atoms with Crippen LogP contribution in [0.3, 0.4) is 0 Å². The Bertz CT molecular complexity index is 630. The second-order valence-corrected chi connectivity index (χ2v) is 6.86. The van der Waals surface area contributed by atoms with E-state index in [-0.39, 0.29) is 12.0 Å². The second-order valence-electron chi connectivity index (χ2n) is 6.86. The van der Waals surface area contributed by atoms with Crippen LogP contribution in [0.4, 0.5) is 10.6 Å². The minimum atomic E-state index is -0.628. The lowest BCUT2D eigenvalue weighted by atomic mass is 10.2. The molecule has 3 heterocycles. The fourth-order valence-corrected chi connectivity index (χ4v) is 2.54. The number of aromatic nitrogens is 2. The molecule has 3 rings (SSSR count). The quantitative estimate of drug-likeness (QED) is 0.827. The number of alkyl carbamates (subject to hydrolysis) is 1. The summed E-state index contributed by atoms with van der Waals surface area (Å²) < 4.78 is 12.2. The molecule has 23 heavy (non-hydrogen) atoms. The van der Waals surface area contributed by atoms with E-state index in [4.69, 9.17) is 9.47 Å². The first-order chi connectivity index (χ1) is 10.7. The summed E-state index contributed by atoms with van der Waals surface area (Å²) in [6, 6.07) is 1.24. The minimum Gasteiger partial charge on any atom is -0.444 e. The molecule has 2 aliphatic rings. The first-order valence-electron chi connectivity index (χ1n) is 7.71.